The second kappa shape index (κ2) is 2.42. The van der Waals surface area contributed by atoms with Crippen LogP contribution in [0.4, 0.5) is 5.13 Å². The number of nitrogens with two attached hydrogens (primary N) is 1. The molecule has 0 unspecified atom stereocenters. The van der Waals surface area contributed by atoms with E-state index in [1.54, 1.807) is 0 Å². The third kappa shape index (κ3) is 1.04. The van der Waals surface area contributed by atoms with Crippen LogP contribution in [0, 0.1) is 13.8 Å². The largest absolute Gasteiger partial charge is 0.375 e. The van der Waals surface area contributed by atoms with Crippen LogP contribution in [-0.4, -0.2) is 9.97 Å². The zero-order valence-corrected chi connectivity index (χ0v) is 7.77. The quantitative estimate of drug-likeness (QED) is 0.672. The van der Waals surface area contributed by atoms with Crippen LogP contribution >= 0.6 is 11.3 Å². The standard InChI is InChI=1S/C8H9N3S/c1-4-3-6-7(10-5(4)2)11-8(9)12-6/h3H,1-2H3,(H2,9,10,11). The van der Waals surface area contributed by atoms with E-state index in [0.29, 0.717) is 5.13 Å². The minimum absolute atomic E-state index is 0.586. The first-order valence-electron chi connectivity index (χ1n) is 3.67. The molecule has 4 heteroatoms. The van der Waals surface area contributed by atoms with Crippen molar-refractivity contribution >= 4 is 26.8 Å². The number of aryl methyl sites for hydroxylation is 2. The minimum atomic E-state index is 0.586. The molecule has 0 aromatic carbocycles. The van der Waals surface area contributed by atoms with Gasteiger partial charge in [0.2, 0.25) is 0 Å². The Labute approximate surface area is 74.3 Å². The summed E-state index contributed by atoms with van der Waals surface area (Å²) >= 11 is 1.48. The Morgan fingerprint density at radius 3 is 2.83 bits per heavy atom. The molecule has 0 saturated heterocycles. The SMILES string of the molecule is Cc1cc2sc(N)nc2nc1C. The maximum absolute atomic E-state index is 5.56. The number of nitrogen functional groups attached to an aromatic ring is 1. The fourth-order valence-electron chi connectivity index (χ4n) is 1.06. The Bertz CT molecular complexity index is 394. The molecular formula is C8H9N3S. The molecule has 0 radical (unpaired) electrons. The van der Waals surface area contributed by atoms with Crippen molar-refractivity contribution in [1.29, 1.82) is 0 Å². The molecule has 0 fully saturated rings. The topological polar surface area (TPSA) is 51.8 Å². The summed E-state index contributed by atoms with van der Waals surface area (Å²) in [6.45, 7) is 4.02. The lowest BCUT2D eigenvalue weighted by Crippen LogP contribution is -1.86. The number of nitrogens with zero attached hydrogens (tertiary/aromatic N) is 2. The van der Waals surface area contributed by atoms with Gasteiger partial charge in [-0.15, -0.1) is 0 Å². The minimum Gasteiger partial charge on any atom is -0.375 e. The van der Waals surface area contributed by atoms with Gasteiger partial charge in [0.1, 0.15) is 0 Å². The smallest absolute Gasteiger partial charge is 0.182 e. The van der Waals surface area contributed by atoms with Crippen LogP contribution in [0.1, 0.15) is 11.3 Å². The molecule has 2 heterocycles. The van der Waals surface area contributed by atoms with Crippen molar-refractivity contribution < 1.29 is 0 Å². The normalized spacial score (nSPS) is 10.8. The van der Waals surface area contributed by atoms with Crippen LogP contribution in [0.15, 0.2) is 6.07 Å². The highest BCUT2D eigenvalue weighted by molar-refractivity contribution is 7.22. The summed E-state index contributed by atoms with van der Waals surface area (Å²) in [5, 5.41) is 0.586. The molecule has 2 aromatic rings. The number of fused-ring (bicyclic) bond motifs is 1. The molecule has 2 rings (SSSR count). The number of aromatic nitrogens is 2. The molecule has 0 aliphatic rings. The van der Waals surface area contributed by atoms with E-state index < -0.39 is 0 Å². The molecule has 0 aliphatic heterocycles. The van der Waals surface area contributed by atoms with Crippen LogP contribution in [0.25, 0.3) is 10.3 Å². The fourth-order valence-corrected chi connectivity index (χ4v) is 1.84. The molecule has 0 amide bonds. The lowest BCUT2D eigenvalue weighted by molar-refractivity contribution is 1.18. The first-order valence-corrected chi connectivity index (χ1v) is 4.49. The summed E-state index contributed by atoms with van der Waals surface area (Å²) in [6, 6.07) is 2.08. The second-order valence-corrected chi connectivity index (χ2v) is 3.83. The average Bonchev–Trinajstić information content (AvgIpc) is 2.30. The van der Waals surface area contributed by atoms with E-state index in [-0.39, 0.29) is 0 Å². The van der Waals surface area contributed by atoms with Gasteiger partial charge < -0.3 is 5.73 Å². The van der Waals surface area contributed by atoms with Crippen molar-refractivity contribution in [2.45, 2.75) is 13.8 Å². The molecule has 2 aromatic heterocycles. The number of hydrogen-bond donors (Lipinski definition) is 1. The van der Waals surface area contributed by atoms with E-state index in [1.165, 1.54) is 16.9 Å². The third-order valence-corrected chi connectivity index (χ3v) is 2.66. The summed E-state index contributed by atoms with van der Waals surface area (Å²) < 4.78 is 1.07. The maximum atomic E-state index is 5.56. The van der Waals surface area contributed by atoms with E-state index in [2.05, 4.69) is 16.0 Å². The van der Waals surface area contributed by atoms with Gasteiger partial charge in [0, 0.05) is 5.69 Å². The Hall–Kier alpha value is -1.16. The Morgan fingerprint density at radius 1 is 1.33 bits per heavy atom. The van der Waals surface area contributed by atoms with Gasteiger partial charge >= 0.3 is 0 Å². The van der Waals surface area contributed by atoms with E-state index in [0.717, 1.165) is 16.0 Å². The molecule has 0 aliphatic carbocycles. The van der Waals surface area contributed by atoms with Gasteiger partial charge in [0.15, 0.2) is 10.8 Å². The van der Waals surface area contributed by atoms with Gasteiger partial charge in [-0.25, -0.2) is 9.97 Å². The lowest BCUT2D eigenvalue weighted by atomic mass is 10.2. The monoisotopic (exact) mass is 179 g/mol. The first-order chi connectivity index (χ1) is 5.66. The van der Waals surface area contributed by atoms with Gasteiger partial charge in [-0.3, -0.25) is 0 Å². The molecule has 0 spiro atoms. The molecule has 0 atom stereocenters. The highest BCUT2D eigenvalue weighted by Gasteiger charge is 2.03. The van der Waals surface area contributed by atoms with Gasteiger partial charge in [0.05, 0.1) is 4.70 Å². The van der Waals surface area contributed by atoms with Crippen molar-refractivity contribution in [1.82, 2.24) is 9.97 Å². The van der Waals surface area contributed by atoms with E-state index in [9.17, 15) is 0 Å². The molecule has 0 saturated carbocycles. The van der Waals surface area contributed by atoms with Crippen LogP contribution in [0.3, 0.4) is 0 Å². The molecule has 0 bridgehead atoms. The van der Waals surface area contributed by atoms with Crippen LogP contribution in [-0.2, 0) is 0 Å². The number of anilines is 1. The van der Waals surface area contributed by atoms with Crippen molar-refractivity contribution in [3.63, 3.8) is 0 Å². The van der Waals surface area contributed by atoms with Crippen molar-refractivity contribution in [3.8, 4) is 0 Å². The highest BCUT2D eigenvalue weighted by Crippen LogP contribution is 2.23. The second-order valence-electron chi connectivity index (χ2n) is 2.76. The Balaban J connectivity index is 2.83. The lowest BCUT2D eigenvalue weighted by Gasteiger charge is -1.95. The number of hydrogen-bond acceptors (Lipinski definition) is 4. The van der Waals surface area contributed by atoms with Crippen LogP contribution in [0.2, 0.25) is 0 Å². The van der Waals surface area contributed by atoms with Crippen LogP contribution < -0.4 is 5.73 Å². The summed E-state index contributed by atoms with van der Waals surface area (Å²) in [4.78, 5) is 8.42. The summed E-state index contributed by atoms with van der Waals surface area (Å²) in [7, 11) is 0. The van der Waals surface area contributed by atoms with Crippen LogP contribution in [0.5, 0.6) is 0 Å². The molecule has 62 valence electrons. The van der Waals surface area contributed by atoms with E-state index in [4.69, 9.17) is 5.73 Å². The maximum Gasteiger partial charge on any atom is 0.182 e. The molecular weight excluding hydrogens is 170 g/mol. The zero-order chi connectivity index (χ0) is 8.72. The predicted molar refractivity (Wildman–Crippen MR) is 51.3 cm³/mol. The zero-order valence-electron chi connectivity index (χ0n) is 6.96. The van der Waals surface area contributed by atoms with Gasteiger partial charge in [-0.05, 0) is 25.5 Å². The summed E-state index contributed by atoms with van der Waals surface area (Å²) in [5.41, 5.74) is 8.53. The molecule has 3 nitrogen and oxygen atoms in total. The van der Waals surface area contributed by atoms with E-state index >= 15 is 0 Å². The Morgan fingerprint density at radius 2 is 2.08 bits per heavy atom. The van der Waals surface area contributed by atoms with Crippen molar-refractivity contribution in [2.75, 3.05) is 5.73 Å². The average molecular weight is 179 g/mol. The van der Waals surface area contributed by atoms with Gasteiger partial charge in [-0.2, -0.15) is 0 Å². The number of thiazole rings is 1. The molecule has 2 N–H and O–H groups in total. The highest BCUT2D eigenvalue weighted by atomic mass is 32.1. The fraction of sp³-hybridized carbons (Fsp3) is 0.250. The number of rotatable bonds is 0. The predicted octanol–water partition coefficient (Wildman–Crippen LogP) is 1.89. The van der Waals surface area contributed by atoms with Gasteiger partial charge in [-0.1, -0.05) is 11.3 Å². The summed E-state index contributed by atoms with van der Waals surface area (Å²) in [5.74, 6) is 0. The first kappa shape index (κ1) is 7.49. The van der Waals surface area contributed by atoms with Gasteiger partial charge in [0.25, 0.3) is 0 Å². The Kier molecular flexibility index (Phi) is 1.51. The number of pyridine rings is 1. The third-order valence-electron chi connectivity index (χ3n) is 1.84. The van der Waals surface area contributed by atoms with E-state index in [1.807, 2.05) is 13.8 Å². The van der Waals surface area contributed by atoms with Crippen molar-refractivity contribution in [2.24, 2.45) is 0 Å². The molecule has 12 heavy (non-hydrogen) atoms. The van der Waals surface area contributed by atoms with Crippen molar-refractivity contribution in [3.05, 3.63) is 17.3 Å². The summed E-state index contributed by atoms with van der Waals surface area (Å²) in [6.07, 6.45) is 0.